The zero-order valence-corrected chi connectivity index (χ0v) is 10.7. The second kappa shape index (κ2) is 4.69. The first-order chi connectivity index (χ1) is 8.78. The highest BCUT2D eigenvalue weighted by molar-refractivity contribution is 6.27. The summed E-state index contributed by atoms with van der Waals surface area (Å²) in [5.41, 5.74) is 2.48. The Morgan fingerprint density at radius 2 is 1.72 bits per heavy atom. The number of benzene rings is 1. The maximum absolute atomic E-state index is 11.6. The summed E-state index contributed by atoms with van der Waals surface area (Å²) < 4.78 is 10.8. The molecule has 1 aromatic carbocycles. The van der Waals surface area contributed by atoms with Crippen LogP contribution in [0, 0.1) is 0 Å². The van der Waals surface area contributed by atoms with E-state index in [-0.39, 0.29) is 11.8 Å². The Labute approximate surface area is 110 Å². The molecule has 5 heteroatoms. The first-order valence-electron chi connectivity index (χ1n) is 6.03. The van der Waals surface area contributed by atoms with Gasteiger partial charge in [0, 0.05) is 13.1 Å². The zero-order valence-electron chi connectivity index (χ0n) is 9.95. The minimum Gasteiger partial charge on any atom is -0.454 e. The molecule has 2 heterocycles. The van der Waals surface area contributed by atoms with Crippen LogP contribution in [-0.2, 0) is 17.6 Å². The van der Waals surface area contributed by atoms with Gasteiger partial charge >= 0.3 is 0 Å². The fourth-order valence-electron chi connectivity index (χ4n) is 2.45. The summed E-state index contributed by atoms with van der Waals surface area (Å²) >= 11 is 5.60. The molecule has 1 amide bonds. The molecule has 0 bridgehead atoms. The van der Waals surface area contributed by atoms with E-state index < -0.39 is 0 Å². The lowest BCUT2D eigenvalue weighted by atomic mass is 10.0. The lowest BCUT2D eigenvalue weighted by Gasteiger charge is -2.18. The number of hydrogen-bond acceptors (Lipinski definition) is 3. The molecular weight excluding hydrogens is 254 g/mol. The third-order valence-electron chi connectivity index (χ3n) is 3.46. The second-order valence-corrected chi connectivity index (χ2v) is 4.76. The largest absolute Gasteiger partial charge is 0.454 e. The van der Waals surface area contributed by atoms with Gasteiger partial charge < -0.3 is 14.4 Å². The molecule has 0 radical (unpaired) electrons. The maximum Gasteiger partial charge on any atom is 0.237 e. The number of fused-ring (bicyclic) bond motifs is 2. The van der Waals surface area contributed by atoms with Crippen LogP contribution in [0.5, 0.6) is 11.5 Å². The molecule has 3 rings (SSSR count). The van der Waals surface area contributed by atoms with Gasteiger partial charge in [0.05, 0.1) is 0 Å². The fourth-order valence-corrected chi connectivity index (χ4v) is 2.62. The van der Waals surface area contributed by atoms with Crippen molar-refractivity contribution in [2.75, 3.05) is 25.8 Å². The highest BCUT2D eigenvalue weighted by atomic mass is 35.5. The highest BCUT2D eigenvalue weighted by Gasteiger charge is 2.22. The van der Waals surface area contributed by atoms with Crippen LogP contribution in [0.4, 0.5) is 0 Å². The Kier molecular flexibility index (Phi) is 3.04. The molecule has 96 valence electrons. The molecular formula is C13H14ClNO3. The lowest BCUT2D eigenvalue weighted by molar-refractivity contribution is -0.128. The number of rotatable bonds is 1. The van der Waals surface area contributed by atoms with Crippen molar-refractivity contribution < 1.29 is 14.3 Å². The van der Waals surface area contributed by atoms with Crippen molar-refractivity contribution in [2.24, 2.45) is 0 Å². The van der Waals surface area contributed by atoms with Crippen molar-refractivity contribution in [3.05, 3.63) is 23.3 Å². The summed E-state index contributed by atoms with van der Waals surface area (Å²) in [4.78, 5) is 13.4. The minimum atomic E-state index is 0.00418. The summed E-state index contributed by atoms with van der Waals surface area (Å²) in [6.07, 6.45) is 1.68. The van der Waals surface area contributed by atoms with Crippen molar-refractivity contribution in [1.29, 1.82) is 0 Å². The molecule has 0 saturated carbocycles. The Balaban J connectivity index is 1.84. The highest BCUT2D eigenvalue weighted by Crippen LogP contribution is 2.35. The smallest absolute Gasteiger partial charge is 0.237 e. The number of carbonyl (C=O) groups is 1. The Bertz CT molecular complexity index is 454. The third-order valence-corrected chi connectivity index (χ3v) is 3.69. The van der Waals surface area contributed by atoms with Gasteiger partial charge in [-0.1, -0.05) is 0 Å². The number of carbonyl (C=O) groups excluding carboxylic acids is 1. The summed E-state index contributed by atoms with van der Waals surface area (Å²) in [7, 11) is 0. The molecule has 4 nitrogen and oxygen atoms in total. The number of ether oxygens (including phenoxy) is 2. The number of hydrogen-bond donors (Lipinski definition) is 0. The Hall–Kier alpha value is -1.42. The number of halogens is 1. The number of alkyl halides is 1. The van der Waals surface area contributed by atoms with E-state index in [0.717, 1.165) is 37.4 Å². The van der Waals surface area contributed by atoms with E-state index in [1.807, 2.05) is 17.0 Å². The fraction of sp³-hybridized carbons (Fsp3) is 0.462. The van der Waals surface area contributed by atoms with E-state index in [0.29, 0.717) is 6.79 Å². The average Bonchev–Trinajstić information content (AvgIpc) is 2.74. The van der Waals surface area contributed by atoms with Crippen LogP contribution in [0.2, 0.25) is 0 Å². The topological polar surface area (TPSA) is 38.8 Å². The zero-order chi connectivity index (χ0) is 12.5. The molecule has 2 aliphatic heterocycles. The van der Waals surface area contributed by atoms with Gasteiger partial charge in [-0.05, 0) is 36.1 Å². The van der Waals surface area contributed by atoms with Crippen molar-refractivity contribution in [1.82, 2.24) is 4.90 Å². The summed E-state index contributed by atoms with van der Waals surface area (Å²) in [5, 5.41) is 0. The number of nitrogens with zero attached hydrogens (tertiary/aromatic N) is 1. The Morgan fingerprint density at radius 1 is 1.17 bits per heavy atom. The van der Waals surface area contributed by atoms with Gasteiger partial charge in [-0.2, -0.15) is 0 Å². The summed E-state index contributed by atoms with van der Waals surface area (Å²) in [5.74, 6) is 1.68. The standard InChI is InChI=1S/C13H14ClNO3/c14-7-13(16)15-3-1-9-5-11-12(18-8-17-11)6-10(9)2-4-15/h5-6H,1-4,7-8H2. The molecule has 2 aliphatic rings. The Morgan fingerprint density at radius 3 is 2.22 bits per heavy atom. The molecule has 0 aliphatic carbocycles. The van der Waals surface area contributed by atoms with Crippen LogP contribution in [0.25, 0.3) is 0 Å². The van der Waals surface area contributed by atoms with Crippen LogP contribution < -0.4 is 9.47 Å². The number of amides is 1. The van der Waals surface area contributed by atoms with Gasteiger partial charge in [-0.25, -0.2) is 0 Å². The SMILES string of the molecule is O=C(CCl)N1CCc2cc3c(cc2CC1)OCO3. The van der Waals surface area contributed by atoms with Gasteiger partial charge in [0.1, 0.15) is 5.88 Å². The van der Waals surface area contributed by atoms with E-state index >= 15 is 0 Å². The predicted molar refractivity (Wildman–Crippen MR) is 67.3 cm³/mol. The van der Waals surface area contributed by atoms with Gasteiger partial charge in [-0.3, -0.25) is 4.79 Å². The van der Waals surface area contributed by atoms with E-state index in [1.165, 1.54) is 11.1 Å². The van der Waals surface area contributed by atoms with Crippen molar-refractivity contribution in [2.45, 2.75) is 12.8 Å². The lowest BCUT2D eigenvalue weighted by Crippen LogP contribution is -2.34. The van der Waals surface area contributed by atoms with Gasteiger partial charge in [0.25, 0.3) is 0 Å². The molecule has 0 unspecified atom stereocenters. The van der Waals surface area contributed by atoms with Gasteiger partial charge in [0.2, 0.25) is 12.7 Å². The first-order valence-corrected chi connectivity index (χ1v) is 6.56. The minimum absolute atomic E-state index is 0.00418. The molecule has 0 N–H and O–H groups in total. The van der Waals surface area contributed by atoms with E-state index in [1.54, 1.807) is 0 Å². The molecule has 0 aromatic heterocycles. The first kappa shape index (κ1) is 11.7. The van der Waals surface area contributed by atoms with E-state index in [2.05, 4.69) is 0 Å². The quantitative estimate of drug-likeness (QED) is 0.725. The average molecular weight is 268 g/mol. The molecule has 1 aromatic rings. The van der Waals surface area contributed by atoms with Crippen LogP contribution in [0.15, 0.2) is 12.1 Å². The van der Waals surface area contributed by atoms with E-state index in [9.17, 15) is 4.79 Å². The molecule has 0 atom stereocenters. The summed E-state index contributed by atoms with van der Waals surface area (Å²) in [6.45, 7) is 1.74. The third kappa shape index (κ3) is 2.01. The van der Waals surface area contributed by atoms with Crippen molar-refractivity contribution >= 4 is 17.5 Å². The maximum atomic E-state index is 11.6. The van der Waals surface area contributed by atoms with Crippen molar-refractivity contribution in [3.8, 4) is 11.5 Å². The van der Waals surface area contributed by atoms with Gasteiger partial charge in [-0.15, -0.1) is 11.6 Å². The predicted octanol–water partition coefficient (Wildman–Crippen LogP) is 1.58. The van der Waals surface area contributed by atoms with Crippen molar-refractivity contribution in [3.63, 3.8) is 0 Å². The van der Waals surface area contributed by atoms with Crippen LogP contribution >= 0.6 is 11.6 Å². The van der Waals surface area contributed by atoms with Crippen LogP contribution in [0.1, 0.15) is 11.1 Å². The molecule has 0 saturated heterocycles. The summed E-state index contributed by atoms with van der Waals surface area (Å²) in [6, 6.07) is 4.07. The normalized spacial score (nSPS) is 17.3. The monoisotopic (exact) mass is 267 g/mol. The van der Waals surface area contributed by atoms with E-state index in [4.69, 9.17) is 21.1 Å². The van der Waals surface area contributed by atoms with Crippen LogP contribution in [-0.4, -0.2) is 36.6 Å². The van der Waals surface area contributed by atoms with Gasteiger partial charge in [0.15, 0.2) is 11.5 Å². The van der Waals surface area contributed by atoms with Crippen LogP contribution in [0.3, 0.4) is 0 Å². The second-order valence-electron chi connectivity index (χ2n) is 4.49. The molecule has 0 fully saturated rings. The molecule has 18 heavy (non-hydrogen) atoms. The molecule has 0 spiro atoms.